The maximum Gasteiger partial charge on any atom is 0.329 e. The first-order valence-corrected chi connectivity index (χ1v) is 7.83. The molecule has 24 heavy (non-hydrogen) atoms. The van der Waals surface area contributed by atoms with Crippen LogP contribution < -0.4 is 20.2 Å². The second-order valence-corrected chi connectivity index (χ2v) is 5.64. The van der Waals surface area contributed by atoms with E-state index >= 15 is 0 Å². The van der Waals surface area contributed by atoms with E-state index in [0.717, 1.165) is 10.4 Å². The van der Waals surface area contributed by atoms with E-state index in [9.17, 15) is 9.59 Å². The fourth-order valence-electron chi connectivity index (χ4n) is 1.80. The van der Waals surface area contributed by atoms with Crippen molar-refractivity contribution in [2.24, 2.45) is 5.10 Å². The van der Waals surface area contributed by atoms with Crippen molar-refractivity contribution in [1.29, 1.82) is 0 Å². The standard InChI is InChI=1S/C16H17N3O4S/c1-10-6-7-24-14(10)9-17-19-16(21)15(20)18-12-5-4-11(22-2)8-13(12)23-3/h4-9H,1-3H3,(H,18,20)(H,19,21)/b17-9+. The molecule has 0 aliphatic rings. The summed E-state index contributed by atoms with van der Waals surface area (Å²) < 4.78 is 10.2. The highest BCUT2D eigenvalue weighted by Gasteiger charge is 2.15. The maximum atomic E-state index is 11.9. The number of hydrogen-bond donors (Lipinski definition) is 2. The van der Waals surface area contributed by atoms with Gasteiger partial charge in [0.05, 0.1) is 26.1 Å². The molecule has 0 aliphatic heterocycles. The van der Waals surface area contributed by atoms with Gasteiger partial charge in [-0.1, -0.05) is 0 Å². The van der Waals surface area contributed by atoms with E-state index in [4.69, 9.17) is 9.47 Å². The predicted molar refractivity (Wildman–Crippen MR) is 93.0 cm³/mol. The normalized spacial score (nSPS) is 10.5. The van der Waals surface area contributed by atoms with Crippen molar-refractivity contribution >= 4 is 35.1 Å². The summed E-state index contributed by atoms with van der Waals surface area (Å²) in [6, 6.07) is 6.77. The van der Waals surface area contributed by atoms with Crippen molar-refractivity contribution in [3.8, 4) is 11.5 Å². The molecule has 7 nitrogen and oxygen atoms in total. The van der Waals surface area contributed by atoms with E-state index < -0.39 is 11.8 Å². The van der Waals surface area contributed by atoms with Crippen LogP contribution in [0, 0.1) is 6.92 Å². The number of hydrogen-bond acceptors (Lipinski definition) is 6. The van der Waals surface area contributed by atoms with Crippen molar-refractivity contribution in [2.75, 3.05) is 19.5 Å². The van der Waals surface area contributed by atoms with Gasteiger partial charge in [0, 0.05) is 10.9 Å². The third-order valence-electron chi connectivity index (χ3n) is 3.11. The van der Waals surface area contributed by atoms with E-state index in [1.165, 1.54) is 31.8 Å². The first kappa shape index (κ1) is 17.5. The third-order valence-corrected chi connectivity index (χ3v) is 4.07. The fraction of sp³-hybridized carbons (Fsp3) is 0.188. The lowest BCUT2D eigenvalue weighted by molar-refractivity contribution is -0.136. The minimum absolute atomic E-state index is 0.358. The predicted octanol–water partition coefficient (Wildman–Crippen LogP) is 2.16. The van der Waals surface area contributed by atoms with E-state index in [-0.39, 0.29) is 0 Å². The van der Waals surface area contributed by atoms with Gasteiger partial charge in [-0.15, -0.1) is 11.3 Å². The van der Waals surface area contributed by atoms with Gasteiger partial charge in [0.1, 0.15) is 11.5 Å². The average Bonchev–Trinajstić information content (AvgIpc) is 3.00. The number of nitrogens with one attached hydrogen (secondary N) is 2. The lowest BCUT2D eigenvalue weighted by Crippen LogP contribution is -2.32. The molecule has 0 atom stereocenters. The number of amides is 2. The monoisotopic (exact) mass is 347 g/mol. The van der Waals surface area contributed by atoms with Gasteiger partial charge in [-0.05, 0) is 36.1 Å². The van der Waals surface area contributed by atoms with E-state index in [2.05, 4.69) is 15.8 Å². The number of hydrazone groups is 1. The number of ether oxygens (including phenoxy) is 2. The van der Waals surface area contributed by atoms with Crippen LogP contribution in [0.2, 0.25) is 0 Å². The number of benzene rings is 1. The van der Waals surface area contributed by atoms with E-state index in [1.54, 1.807) is 18.2 Å². The van der Waals surface area contributed by atoms with Gasteiger partial charge in [-0.3, -0.25) is 9.59 Å². The molecule has 0 radical (unpaired) electrons. The Morgan fingerprint density at radius 2 is 1.96 bits per heavy atom. The molecule has 2 amide bonds. The molecule has 1 aromatic heterocycles. The van der Waals surface area contributed by atoms with Gasteiger partial charge in [-0.25, -0.2) is 5.43 Å². The van der Waals surface area contributed by atoms with Gasteiger partial charge in [0.15, 0.2) is 0 Å². The van der Waals surface area contributed by atoms with Gasteiger partial charge < -0.3 is 14.8 Å². The molecule has 0 saturated heterocycles. The number of nitrogens with zero attached hydrogens (tertiary/aromatic N) is 1. The van der Waals surface area contributed by atoms with Crippen molar-refractivity contribution in [3.05, 3.63) is 40.1 Å². The zero-order valence-electron chi connectivity index (χ0n) is 13.5. The summed E-state index contributed by atoms with van der Waals surface area (Å²) in [7, 11) is 2.98. The number of carbonyl (C=O) groups is 2. The molecule has 2 rings (SSSR count). The van der Waals surface area contributed by atoms with Crippen LogP contribution in [0.5, 0.6) is 11.5 Å². The molecule has 0 unspecified atom stereocenters. The molecule has 2 N–H and O–H groups in total. The highest BCUT2D eigenvalue weighted by atomic mass is 32.1. The van der Waals surface area contributed by atoms with Crippen molar-refractivity contribution < 1.29 is 19.1 Å². The molecule has 8 heteroatoms. The number of thiophene rings is 1. The Kier molecular flexibility index (Phi) is 5.91. The number of anilines is 1. The summed E-state index contributed by atoms with van der Waals surface area (Å²) in [5.74, 6) is -0.768. The Balaban J connectivity index is 1.98. The second kappa shape index (κ2) is 8.11. The van der Waals surface area contributed by atoms with Gasteiger partial charge in [-0.2, -0.15) is 5.10 Å². The van der Waals surface area contributed by atoms with Crippen LogP contribution in [0.3, 0.4) is 0 Å². The molecule has 0 spiro atoms. The molecule has 126 valence electrons. The summed E-state index contributed by atoms with van der Waals surface area (Å²) in [5, 5.41) is 8.16. The minimum Gasteiger partial charge on any atom is -0.497 e. The lowest BCUT2D eigenvalue weighted by atomic mass is 10.2. The minimum atomic E-state index is -0.877. The van der Waals surface area contributed by atoms with Crippen LogP contribution in [-0.4, -0.2) is 32.2 Å². The Morgan fingerprint density at radius 3 is 2.58 bits per heavy atom. The summed E-state index contributed by atoms with van der Waals surface area (Å²) >= 11 is 1.49. The highest BCUT2D eigenvalue weighted by Crippen LogP contribution is 2.28. The highest BCUT2D eigenvalue weighted by molar-refractivity contribution is 7.11. The molecule has 0 saturated carbocycles. The topological polar surface area (TPSA) is 89.0 Å². The number of aryl methyl sites for hydroxylation is 1. The molecule has 1 heterocycles. The fourth-order valence-corrected chi connectivity index (χ4v) is 2.58. The van der Waals surface area contributed by atoms with Crippen LogP contribution in [0.15, 0.2) is 34.7 Å². The van der Waals surface area contributed by atoms with Gasteiger partial charge in [0.25, 0.3) is 0 Å². The first-order chi connectivity index (χ1) is 11.5. The summed E-state index contributed by atoms with van der Waals surface area (Å²) in [4.78, 5) is 24.6. The molecular formula is C16H17N3O4S. The Hall–Kier alpha value is -2.87. The molecule has 1 aromatic carbocycles. The average molecular weight is 347 g/mol. The lowest BCUT2D eigenvalue weighted by Gasteiger charge is -2.10. The van der Waals surface area contributed by atoms with E-state index in [1.807, 2.05) is 18.4 Å². The van der Waals surface area contributed by atoms with Crippen molar-refractivity contribution in [2.45, 2.75) is 6.92 Å². The van der Waals surface area contributed by atoms with Crippen LogP contribution in [0.4, 0.5) is 5.69 Å². The smallest absolute Gasteiger partial charge is 0.329 e. The number of methoxy groups -OCH3 is 2. The largest absolute Gasteiger partial charge is 0.497 e. The Bertz CT molecular complexity index is 770. The van der Waals surface area contributed by atoms with Gasteiger partial charge >= 0.3 is 11.8 Å². The zero-order valence-corrected chi connectivity index (χ0v) is 14.3. The molecule has 0 aliphatic carbocycles. The molecule has 2 aromatic rings. The second-order valence-electron chi connectivity index (χ2n) is 4.69. The molecule has 0 fully saturated rings. The summed E-state index contributed by atoms with van der Waals surface area (Å²) in [6.07, 6.45) is 1.50. The molecular weight excluding hydrogens is 330 g/mol. The number of rotatable bonds is 5. The van der Waals surface area contributed by atoms with Crippen molar-refractivity contribution in [1.82, 2.24) is 5.43 Å². The Morgan fingerprint density at radius 1 is 1.17 bits per heavy atom. The van der Waals surface area contributed by atoms with Gasteiger partial charge in [0.2, 0.25) is 0 Å². The summed E-state index contributed by atoms with van der Waals surface area (Å²) in [5.41, 5.74) is 3.59. The Labute approximate surface area is 143 Å². The van der Waals surface area contributed by atoms with Crippen LogP contribution in [0.25, 0.3) is 0 Å². The molecule has 0 bridgehead atoms. The van der Waals surface area contributed by atoms with Crippen LogP contribution in [0.1, 0.15) is 10.4 Å². The maximum absolute atomic E-state index is 11.9. The third kappa shape index (κ3) is 4.32. The summed E-state index contributed by atoms with van der Waals surface area (Å²) in [6.45, 7) is 1.93. The SMILES string of the molecule is COc1ccc(NC(=O)C(=O)N/N=C/c2sccc2C)c(OC)c1. The number of carbonyl (C=O) groups excluding carboxylic acids is 2. The van der Waals surface area contributed by atoms with Crippen LogP contribution in [-0.2, 0) is 9.59 Å². The van der Waals surface area contributed by atoms with Crippen molar-refractivity contribution in [3.63, 3.8) is 0 Å². The quantitative estimate of drug-likeness (QED) is 0.493. The van der Waals surface area contributed by atoms with E-state index in [0.29, 0.717) is 17.2 Å². The zero-order chi connectivity index (χ0) is 17.5. The first-order valence-electron chi connectivity index (χ1n) is 6.95. The van der Waals surface area contributed by atoms with Crippen LogP contribution >= 0.6 is 11.3 Å².